The molecule has 1 N–H and O–H groups in total. The fourth-order valence-corrected chi connectivity index (χ4v) is 4.49. The van der Waals surface area contributed by atoms with Crippen LogP contribution in [0.1, 0.15) is 46.5 Å². The Labute approximate surface area is 212 Å². The Bertz CT molecular complexity index is 1480. The number of carbonyl (C=O) groups excluding carboxylic acids is 2. The van der Waals surface area contributed by atoms with Crippen LogP contribution in [0.2, 0.25) is 0 Å². The zero-order chi connectivity index (χ0) is 27.1. The summed E-state index contributed by atoms with van der Waals surface area (Å²) in [5.74, 6) is -0.696. The van der Waals surface area contributed by atoms with Crippen molar-refractivity contribution in [3.8, 4) is 0 Å². The standard InChI is InChI=1S/C18H17NO4S.2C6H4/c1-3-11(2)19-18(21)12-8-9-14-16(10-12)24(22,23)15-7-5-4-6-13(15)17(14)20;2*1-3-5-6-4-2/h4-11H,3H2,1-2H3,(H,19,21);2*1-2H2. The summed E-state index contributed by atoms with van der Waals surface area (Å²) >= 11 is 0. The Balaban J connectivity index is 0.000000450. The maximum Gasteiger partial charge on any atom is 0.251 e. The monoisotopic (exact) mass is 495 g/mol. The number of nitrogens with one attached hydrogen (secondary N) is 1. The molecule has 1 amide bonds. The van der Waals surface area contributed by atoms with Crippen LogP contribution in [0.3, 0.4) is 0 Å². The topological polar surface area (TPSA) is 80.3 Å². The summed E-state index contributed by atoms with van der Waals surface area (Å²) < 4.78 is 25.6. The van der Waals surface area contributed by atoms with Crippen molar-refractivity contribution in [1.82, 2.24) is 5.32 Å². The van der Waals surface area contributed by atoms with Crippen LogP contribution in [0.4, 0.5) is 0 Å². The van der Waals surface area contributed by atoms with Crippen molar-refractivity contribution in [1.29, 1.82) is 0 Å². The summed E-state index contributed by atoms with van der Waals surface area (Å²) in [5.41, 5.74) is 19.6. The van der Waals surface area contributed by atoms with E-state index in [4.69, 9.17) is 0 Å². The highest BCUT2D eigenvalue weighted by Crippen LogP contribution is 2.34. The molecular weight excluding hydrogens is 470 g/mol. The third-order valence-electron chi connectivity index (χ3n) is 4.67. The summed E-state index contributed by atoms with van der Waals surface area (Å²) in [7, 11) is -3.83. The Morgan fingerprint density at radius 2 is 1.36 bits per heavy atom. The quantitative estimate of drug-likeness (QED) is 0.491. The van der Waals surface area contributed by atoms with E-state index in [-0.39, 0.29) is 44.2 Å². The van der Waals surface area contributed by atoms with E-state index in [0.717, 1.165) is 6.42 Å². The zero-order valence-corrected chi connectivity index (χ0v) is 21.0. The lowest BCUT2D eigenvalue weighted by molar-refractivity contribution is 0.0937. The first-order valence-corrected chi connectivity index (χ1v) is 12.1. The predicted molar refractivity (Wildman–Crippen MR) is 140 cm³/mol. The predicted octanol–water partition coefficient (Wildman–Crippen LogP) is 5.44. The molecule has 1 aliphatic heterocycles. The molecule has 0 aromatic heterocycles. The molecule has 180 valence electrons. The van der Waals surface area contributed by atoms with Crippen molar-refractivity contribution in [3.63, 3.8) is 0 Å². The molecule has 0 saturated carbocycles. The number of hydrogen-bond donors (Lipinski definition) is 1. The van der Waals surface area contributed by atoms with E-state index in [1.807, 2.05) is 13.8 Å². The average Bonchev–Trinajstić information content (AvgIpc) is 2.89. The highest BCUT2D eigenvalue weighted by molar-refractivity contribution is 7.91. The fourth-order valence-electron chi connectivity index (χ4n) is 2.81. The molecule has 36 heavy (non-hydrogen) atoms. The number of benzene rings is 2. The molecule has 1 aliphatic rings. The van der Waals surface area contributed by atoms with Crippen molar-refractivity contribution in [2.24, 2.45) is 0 Å². The SMILES string of the molecule is C=C=C=C=C=C.C=C=C=C=C=C.CCC(C)NC(=O)c1ccc2c(c1)S(=O)(=O)c1ccccc1C2=O. The molecule has 2 aromatic rings. The van der Waals surface area contributed by atoms with Gasteiger partial charge < -0.3 is 5.32 Å². The minimum atomic E-state index is -3.83. The Morgan fingerprint density at radius 1 is 0.861 bits per heavy atom. The molecular formula is C30H25NO4S. The van der Waals surface area contributed by atoms with Gasteiger partial charge in [0.2, 0.25) is 9.84 Å². The van der Waals surface area contributed by atoms with Crippen molar-refractivity contribution in [2.75, 3.05) is 0 Å². The lowest BCUT2D eigenvalue weighted by Crippen LogP contribution is -2.32. The van der Waals surface area contributed by atoms with E-state index in [1.165, 1.54) is 30.3 Å². The second-order valence-electron chi connectivity index (χ2n) is 7.03. The maximum absolute atomic E-state index is 12.8. The number of hydrogen-bond acceptors (Lipinski definition) is 4. The number of sulfone groups is 1. The van der Waals surface area contributed by atoms with Crippen LogP contribution in [-0.4, -0.2) is 26.2 Å². The van der Waals surface area contributed by atoms with Crippen LogP contribution in [0.5, 0.6) is 0 Å². The molecule has 5 nitrogen and oxygen atoms in total. The van der Waals surface area contributed by atoms with Crippen molar-refractivity contribution < 1.29 is 18.0 Å². The van der Waals surface area contributed by atoms with E-state index in [1.54, 1.807) is 12.1 Å². The molecule has 2 aromatic carbocycles. The van der Waals surface area contributed by atoms with Gasteiger partial charge in [0.15, 0.2) is 5.78 Å². The van der Waals surface area contributed by atoms with Gasteiger partial charge in [-0.25, -0.2) is 8.42 Å². The zero-order valence-electron chi connectivity index (χ0n) is 20.2. The lowest BCUT2D eigenvalue weighted by atomic mass is 10.0. The molecule has 0 aliphatic carbocycles. The number of rotatable bonds is 3. The average molecular weight is 496 g/mol. The largest absolute Gasteiger partial charge is 0.350 e. The molecule has 3 rings (SSSR count). The smallest absolute Gasteiger partial charge is 0.251 e. The van der Waals surface area contributed by atoms with Gasteiger partial charge in [0.1, 0.15) is 0 Å². The minimum Gasteiger partial charge on any atom is -0.350 e. The molecule has 6 heteroatoms. The molecule has 0 saturated heterocycles. The van der Waals surface area contributed by atoms with Gasteiger partial charge in [0.05, 0.1) is 9.79 Å². The summed E-state index contributed by atoms with van der Waals surface area (Å²) in [6.07, 6.45) is 0.765. The first kappa shape index (κ1) is 29.3. The Kier molecular flexibility index (Phi) is 11.8. The van der Waals surface area contributed by atoms with E-state index in [2.05, 4.69) is 77.5 Å². The fraction of sp³-hybridized carbons (Fsp3) is 0.133. The van der Waals surface area contributed by atoms with Crippen LogP contribution < -0.4 is 5.32 Å². The van der Waals surface area contributed by atoms with Gasteiger partial charge in [-0.15, -0.1) is 0 Å². The molecule has 0 spiro atoms. The van der Waals surface area contributed by atoms with Crippen molar-refractivity contribution >= 4 is 21.5 Å². The summed E-state index contributed by atoms with van der Waals surface area (Å²) in [6, 6.07) is 10.3. The van der Waals surface area contributed by atoms with Gasteiger partial charge in [-0.05, 0) is 92.9 Å². The third kappa shape index (κ3) is 7.65. The normalized spacial score (nSPS) is 11.8. The van der Waals surface area contributed by atoms with Gasteiger partial charge in [-0.2, -0.15) is 0 Å². The highest BCUT2D eigenvalue weighted by Gasteiger charge is 2.35. The van der Waals surface area contributed by atoms with Crippen LogP contribution in [0.25, 0.3) is 0 Å². The minimum absolute atomic E-state index is 0.0121. The Morgan fingerprint density at radius 3 is 1.86 bits per heavy atom. The van der Waals surface area contributed by atoms with Crippen LogP contribution in [-0.2, 0) is 9.84 Å². The van der Waals surface area contributed by atoms with E-state index in [0.29, 0.717) is 0 Å². The van der Waals surface area contributed by atoms with Crippen LogP contribution in [0.15, 0.2) is 124 Å². The van der Waals surface area contributed by atoms with Crippen molar-refractivity contribution in [2.45, 2.75) is 36.1 Å². The van der Waals surface area contributed by atoms with Crippen LogP contribution in [0, 0.1) is 0 Å². The molecule has 0 radical (unpaired) electrons. The van der Waals surface area contributed by atoms with Gasteiger partial charge in [-0.3, -0.25) is 9.59 Å². The van der Waals surface area contributed by atoms with Crippen LogP contribution >= 0.6 is 0 Å². The lowest BCUT2D eigenvalue weighted by Gasteiger charge is -2.19. The molecule has 1 atom stereocenters. The molecule has 1 heterocycles. The summed E-state index contributed by atoms with van der Waals surface area (Å²) in [4.78, 5) is 24.7. The number of ketones is 1. The highest BCUT2D eigenvalue weighted by atomic mass is 32.2. The van der Waals surface area contributed by atoms with Gasteiger partial charge in [0, 0.05) is 22.7 Å². The second-order valence-corrected chi connectivity index (χ2v) is 8.92. The van der Waals surface area contributed by atoms with Gasteiger partial charge in [0.25, 0.3) is 5.91 Å². The molecule has 0 fully saturated rings. The Hall–Kier alpha value is -4.75. The second kappa shape index (κ2) is 14.5. The van der Waals surface area contributed by atoms with E-state index >= 15 is 0 Å². The summed E-state index contributed by atoms with van der Waals surface area (Å²) in [5, 5.41) is 2.79. The molecule has 1 unspecified atom stereocenters. The maximum atomic E-state index is 12.8. The third-order valence-corrected chi connectivity index (χ3v) is 6.52. The van der Waals surface area contributed by atoms with E-state index in [9.17, 15) is 18.0 Å². The first-order chi connectivity index (χ1) is 17.2. The van der Waals surface area contributed by atoms with E-state index < -0.39 is 9.84 Å². The summed E-state index contributed by atoms with van der Waals surface area (Å²) in [6.45, 7) is 16.7. The number of fused-ring (bicyclic) bond motifs is 2. The van der Waals surface area contributed by atoms with Crippen molar-refractivity contribution in [3.05, 3.63) is 131 Å². The van der Waals surface area contributed by atoms with Gasteiger partial charge >= 0.3 is 0 Å². The number of carbonyl (C=O) groups is 2. The number of amides is 1. The van der Waals surface area contributed by atoms with Gasteiger partial charge in [-0.1, -0.05) is 42.0 Å². The molecule has 0 bridgehead atoms. The first-order valence-electron chi connectivity index (χ1n) is 10.6.